The average Bonchev–Trinajstić information content (AvgIpc) is 2.67. The third-order valence-corrected chi connectivity index (χ3v) is 4.49. The summed E-state index contributed by atoms with van der Waals surface area (Å²) in [6.07, 6.45) is 3.87. The van der Waals surface area contributed by atoms with Crippen molar-refractivity contribution < 1.29 is 9.90 Å². The number of hydrogen-bond acceptors (Lipinski definition) is 4. The maximum absolute atomic E-state index is 10.9. The first-order valence-electron chi connectivity index (χ1n) is 8.62. The molecule has 2 aromatic carbocycles. The lowest BCUT2D eigenvalue weighted by molar-refractivity contribution is 0.0697. The number of carboxylic acids is 1. The summed E-state index contributed by atoms with van der Waals surface area (Å²) in [7, 11) is 0. The van der Waals surface area contributed by atoms with E-state index in [0.717, 1.165) is 30.1 Å². The van der Waals surface area contributed by atoms with Gasteiger partial charge in [0.1, 0.15) is 0 Å². The van der Waals surface area contributed by atoms with Crippen molar-refractivity contribution in [1.29, 1.82) is 0 Å². The number of nitrogens with one attached hydrogen (secondary N) is 1. The molecular weight excluding hydrogens is 314 g/mol. The lowest BCUT2D eigenvalue weighted by atomic mass is 10.1. The molecule has 5 heteroatoms. The monoisotopic (exact) mass is 337 g/mol. The van der Waals surface area contributed by atoms with E-state index in [1.807, 2.05) is 6.92 Å². The topological polar surface area (TPSA) is 64.9 Å². The van der Waals surface area contributed by atoms with E-state index in [1.54, 1.807) is 24.3 Å². The normalized spacial score (nSPS) is 15.1. The zero-order chi connectivity index (χ0) is 17.6. The van der Waals surface area contributed by atoms with Crippen LogP contribution in [0.25, 0.3) is 0 Å². The first-order valence-corrected chi connectivity index (χ1v) is 8.62. The molecule has 3 rings (SSSR count). The van der Waals surface area contributed by atoms with Gasteiger partial charge in [0.15, 0.2) is 0 Å². The van der Waals surface area contributed by atoms with Gasteiger partial charge in [0.25, 0.3) is 0 Å². The van der Waals surface area contributed by atoms with E-state index in [1.165, 1.54) is 24.9 Å². The summed E-state index contributed by atoms with van der Waals surface area (Å²) in [6, 6.07) is 15.0. The molecule has 0 unspecified atom stereocenters. The quantitative estimate of drug-likeness (QED) is 0.633. The number of hydrogen-bond donors (Lipinski definition) is 2. The largest absolute Gasteiger partial charge is 0.478 e. The minimum Gasteiger partial charge on any atom is -0.478 e. The molecule has 1 fully saturated rings. The van der Waals surface area contributed by atoms with Crippen LogP contribution in [-0.2, 0) is 0 Å². The maximum atomic E-state index is 10.9. The van der Waals surface area contributed by atoms with Gasteiger partial charge in [-0.05, 0) is 68.1 Å². The van der Waals surface area contributed by atoms with Crippen LogP contribution in [0.4, 0.5) is 11.4 Å². The molecule has 0 radical (unpaired) electrons. The molecule has 2 N–H and O–H groups in total. The van der Waals surface area contributed by atoms with E-state index in [-0.39, 0.29) is 5.56 Å². The number of hydrazone groups is 1. The summed E-state index contributed by atoms with van der Waals surface area (Å²) in [6.45, 7) is 4.23. The maximum Gasteiger partial charge on any atom is 0.335 e. The smallest absolute Gasteiger partial charge is 0.335 e. The van der Waals surface area contributed by atoms with Gasteiger partial charge in [0.2, 0.25) is 0 Å². The molecule has 25 heavy (non-hydrogen) atoms. The van der Waals surface area contributed by atoms with Gasteiger partial charge in [-0.3, -0.25) is 5.43 Å². The van der Waals surface area contributed by atoms with Crippen LogP contribution >= 0.6 is 0 Å². The Bertz CT molecular complexity index is 746. The van der Waals surface area contributed by atoms with Crippen molar-refractivity contribution in [1.82, 2.24) is 0 Å². The number of nitrogens with zero attached hydrogens (tertiary/aromatic N) is 2. The summed E-state index contributed by atoms with van der Waals surface area (Å²) in [4.78, 5) is 13.3. The van der Waals surface area contributed by atoms with E-state index < -0.39 is 5.97 Å². The highest BCUT2D eigenvalue weighted by molar-refractivity contribution is 5.99. The summed E-state index contributed by atoms with van der Waals surface area (Å²) >= 11 is 0. The molecular formula is C20H23N3O2. The van der Waals surface area contributed by atoms with Crippen LogP contribution in [0, 0.1) is 0 Å². The van der Waals surface area contributed by atoms with Crippen molar-refractivity contribution in [3.63, 3.8) is 0 Å². The van der Waals surface area contributed by atoms with Gasteiger partial charge in [0, 0.05) is 18.8 Å². The SMILES string of the molecule is C/C(=N/Nc1ccc(C(=O)O)cc1)c1ccc(N2CCCCC2)cc1. The standard InChI is InChI=1S/C20H23N3O2/c1-15(21-22-18-9-5-17(6-10-18)20(24)25)16-7-11-19(12-8-16)23-13-3-2-4-14-23/h5-12,22H,2-4,13-14H2,1H3,(H,24,25)/b21-15-. The molecule has 0 saturated carbocycles. The molecule has 130 valence electrons. The second-order valence-corrected chi connectivity index (χ2v) is 6.29. The lowest BCUT2D eigenvalue weighted by Gasteiger charge is -2.28. The molecule has 2 aromatic rings. The number of carboxylic acid groups (broad SMARTS) is 1. The van der Waals surface area contributed by atoms with Crippen molar-refractivity contribution in [2.24, 2.45) is 5.10 Å². The van der Waals surface area contributed by atoms with Gasteiger partial charge in [-0.25, -0.2) is 4.79 Å². The van der Waals surface area contributed by atoms with Crippen LogP contribution in [0.5, 0.6) is 0 Å². The number of carbonyl (C=O) groups is 1. The number of benzene rings is 2. The fourth-order valence-corrected chi connectivity index (χ4v) is 2.97. The highest BCUT2D eigenvalue weighted by atomic mass is 16.4. The number of aromatic carboxylic acids is 1. The van der Waals surface area contributed by atoms with E-state index >= 15 is 0 Å². The zero-order valence-corrected chi connectivity index (χ0v) is 14.4. The molecule has 1 aliphatic heterocycles. The van der Waals surface area contributed by atoms with E-state index in [0.29, 0.717) is 0 Å². The Morgan fingerprint density at radius 1 is 0.960 bits per heavy atom. The molecule has 0 bridgehead atoms. The fraction of sp³-hybridized carbons (Fsp3) is 0.300. The molecule has 1 saturated heterocycles. The van der Waals surface area contributed by atoms with Gasteiger partial charge in [-0.1, -0.05) is 12.1 Å². The van der Waals surface area contributed by atoms with Crippen molar-refractivity contribution in [2.75, 3.05) is 23.4 Å². The molecule has 1 heterocycles. The molecule has 0 atom stereocenters. The Morgan fingerprint density at radius 2 is 1.56 bits per heavy atom. The van der Waals surface area contributed by atoms with Crippen LogP contribution in [0.15, 0.2) is 53.6 Å². The Morgan fingerprint density at radius 3 is 2.16 bits per heavy atom. The van der Waals surface area contributed by atoms with Gasteiger partial charge < -0.3 is 10.0 Å². The van der Waals surface area contributed by atoms with E-state index in [9.17, 15) is 4.79 Å². The van der Waals surface area contributed by atoms with Crippen molar-refractivity contribution >= 4 is 23.1 Å². The number of rotatable bonds is 5. The summed E-state index contributed by atoms with van der Waals surface area (Å²) in [5, 5.41) is 13.3. The Labute approximate surface area is 148 Å². The summed E-state index contributed by atoms with van der Waals surface area (Å²) in [5.41, 5.74) is 7.21. The van der Waals surface area contributed by atoms with E-state index in [4.69, 9.17) is 5.11 Å². The molecule has 0 aromatic heterocycles. The molecule has 0 aliphatic carbocycles. The second-order valence-electron chi connectivity index (χ2n) is 6.29. The first-order chi connectivity index (χ1) is 12.1. The highest BCUT2D eigenvalue weighted by Crippen LogP contribution is 2.20. The van der Waals surface area contributed by atoms with Crippen molar-refractivity contribution in [2.45, 2.75) is 26.2 Å². The van der Waals surface area contributed by atoms with Gasteiger partial charge >= 0.3 is 5.97 Å². The molecule has 1 aliphatic rings. The van der Waals surface area contributed by atoms with Crippen LogP contribution < -0.4 is 10.3 Å². The van der Waals surface area contributed by atoms with Crippen LogP contribution in [0.3, 0.4) is 0 Å². The third-order valence-electron chi connectivity index (χ3n) is 4.49. The minimum atomic E-state index is -0.931. The third kappa shape index (κ3) is 4.38. The molecule has 5 nitrogen and oxygen atoms in total. The van der Waals surface area contributed by atoms with Crippen molar-refractivity contribution in [3.05, 3.63) is 59.7 Å². The van der Waals surface area contributed by atoms with Gasteiger partial charge in [-0.2, -0.15) is 5.10 Å². The van der Waals surface area contributed by atoms with Gasteiger partial charge in [0.05, 0.1) is 17.0 Å². The number of piperidine rings is 1. The van der Waals surface area contributed by atoms with Crippen LogP contribution in [-0.4, -0.2) is 29.9 Å². The fourth-order valence-electron chi connectivity index (χ4n) is 2.97. The number of anilines is 2. The zero-order valence-electron chi connectivity index (χ0n) is 14.4. The van der Waals surface area contributed by atoms with Crippen LogP contribution in [0.2, 0.25) is 0 Å². The minimum absolute atomic E-state index is 0.263. The van der Waals surface area contributed by atoms with Gasteiger partial charge in [-0.15, -0.1) is 0 Å². The second kappa shape index (κ2) is 7.83. The van der Waals surface area contributed by atoms with E-state index in [2.05, 4.69) is 39.7 Å². The first kappa shape index (κ1) is 17.0. The summed E-state index contributed by atoms with van der Waals surface area (Å²) in [5.74, 6) is -0.931. The molecule has 0 amide bonds. The average molecular weight is 337 g/mol. The predicted molar refractivity (Wildman–Crippen MR) is 102 cm³/mol. The molecule has 0 spiro atoms. The Hall–Kier alpha value is -2.82. The summed E-state index contributed by atoms with van der Waals surface area (Å²) < 4.78 is 0. The lowest BCUT2D eigenvalue weighted by Crippen LogP contribution is -2.29. The Kier molecular flexibility index (Phi) is 5.33. The Balaban J connectivity index is 1.64. The highest BCUT2D eigenvalue weighted by Gasteiger charge is 2.10. The van der Waals surface area contributed by atoms with Crippen molar-refractivity contribution in [3.8, 4) is 0 Å². The van der Waals surface area contributed by atoms with Crippen LogP contribution in [0.1, 0.15) is 42.1 Å². The predicted octanol–water partition coefficient (Wildman–Crippen LogP) is 4.21.